The summed E-state index contributed by atoms with van der Waals surface area (Å²) in [5, 5.41) is 28.6. The van der Waals surface area contributed by atoms with Crippen LogP contribution >= 0.6 is 0 Å². The van der Waals surface area contributed by atoms with Crippen molar-refractivity contribution in [1.82, 2.24) is 25.9 Å². The van der Waals surface area contributed by atoms with Gasteiger partial charge in [0.1, 0.15) is 18.1 Å². The first-order valence-corrected chi connectivity index (χ1v) is 15.0. The van der Waals surface area contributed by atoms with Gasteiger partial charge in [-0.1, -0.05) is 42.8 Å². The first-order chi connectivity index (χ1) is 22.1. The molecule has 2 aromatic heterocycles. The average molecular weight is 634 g/mol. The number of carbonyl (C=O) groups is 5. The maximum atomic E-state index is 13.7. The summed E-state index contributed by atoms with van der Waals surface area (Å²) >= 11 is 0. The summed E-state index contributed by atoms with van der Waals surface area (Å²) in [4.78, 5) is 70.0. The molecule has 4 unspecified atom stereocenters. The minimum Gasteiger partial charge on any atom is -0.481 e. The summed E-state index contributed by atoms with van der Waals surface area (Å²) in [6.07, 6.45) is 3.97. The Morgan fingerprint density at radius 2 is 1.20 bits per heavy atom. The summed E-state index contributed by atoms with van der Waals surface area (Å²) in [7, 11) is 0. The van der Waals surface area contributed by atoms with Crippen molar-refractivity contribution in [3.63, 3.8) is 0 Å². The van der Waals surface area contributed by atoms with Crippen LogP contribution in [0, 0.1) is 0 Å². The van der Waals surface area contributed by atoms with E-state index in [1.165, 1.54) is 0 Å². The molecular weight excluding hydrogens is 594 g/mol. The predicted molar refractivity (Wildman–Crippen MR) is 171 cm³/mol. The lowest BCUT2D eigenvalue weighted by atomic mass is 10.0. The molecule has 4 aromatic rings. The molecule has 0 saturated carbocycles. The fourth-order valence-corrected chi connectivity index (χ4v) is 5.30. The number of carbonyl (C=O) groups excluding carboxylic acids is 3. The normalized spacial score (nSPS) is 13.9. The molecule has 0 fully saturated rings. The Hall–Kier alpha value is -5.21. The largest absolute Gasteiger partial charge is 0.481 e. The number of carboxylic acid groups (broad SMARTS) is 2. The van der Waals surface area contributed by atoms with E-state index in [0.29, 0.717) is 30.5 Å². The smallest absolute Gasteiger partial charge is 0.326 e. The highest BCUT2D eigenvalue weighted by Gasteiger charge is 2.32. The molecule has 0 saturated heterocycles. The van der Waals surface area contributed by atoms with Gasteiger partial charge in [-0.2, -0.15) is 0 Å². The van der Waals surface area contributed by atoms with Gasteiger partial charge in [-0.25, -0.2) is 4.79 Å². The van der Waals surface area contributed by atoms with E-state index in [1.54, 1.807) is 12.4 Å². The lowest BCUT2D eigenvalue weighted by Crippen LogP contribution is -2.58. The van der Waals surface area contributed by atoms with E-state index in [0.717, 1.165) is 21.8 Å². The van der Waals surface area contributed by atoms with E-state index >= 15 is 0 Å². The highest BCUT2D eigenvalue weighted by molar-refractivity contribution is 5.96. The molecule has 0 spiro atoms. The molecule has 2 heterocycles. The number of hydrogen-bond donors (Lipinski definition) is 9. The number of nitrogens with one attached hydrogen (secondary N) is 5. The maximum Gasteiger partial charge on any atom is 0.326 e. The Balaban J connectivity index is 1.56. The minimum atomic E-state index is -1.55. The number of aromatic amines is 2. The van der Waals surface area contributed by atoms with Gasteiger partial charge in [-0.15, -0.1) is 0 Å². The number of aliphatic carboxylic acids is 2. The number of unbranched alkanes of at least 4 members (excludes halogenated alkanes) is 1. The van der Waals surface area contributed by atoms with E-state index in [4.69, 9.17) is 11.5 Å². The minimum absolute atomic E-state index is 0.0431. The molecule has 0 aliphatic rings. The van der Waals surface area contributed by atoms with Crippen molar-refractivity contribution in [1.29, 1.82) is 0 Å². The number of nitrogens with two attached hydrogens (primary N) is 2. The second-order valence-corrected chi connectivity index (χ2v) is 11.1. The lowest BCUT2D eigenvalue weighted by molar-refractivity contribution is -0.143. The van der Waals surface area contributed by atoms with Crippen molar-refractivity contribution in [3.8, 4) is 0 Å². The van der Waals surface area contributed by atoms with E-state index in [-0.39, 0.29) is 19.3 Å². The summed E-state index contributed by atoms with van der Waals surface area (Å²) in [6.45, 7) is 0.419. The molecule has 0 aliphatic carbocycles. The third-order valence-electron chi connectivity index (χ3n) is 7.76. The number of amides is 3. The molecule has 2 aromatic carbocycles. The highest BCUT2D eigenvalue weighted by Crippen LogP contribution is 2.21. The van der Waals surface area contributed by atoms with Crippen molar-refractivity contribution in [2.24, 2.45) is 11.5 Å². The van der Waals surface area contributed by atoms with Crippen LogP contribution in [-0.2, 0) is 36.8 Å². The van der Waals surface area contributed by atoms with Crippen LogP contribution in [0.2, 0.25) is 0 Å². The standard InChI is InChI=1S/C32H39N7O7/c33-12-6-5-9-22(34)29(42)37-26(15-28(40)41)31(44)38-25(13-18-16-35-23-10-3-1-7-20(18)23)30(43)39-27(32(45)46)14-19-17-36-24-11-4-2-8-21(19)24/h1-4,7-8,10-11,16-17,22,25-27,35-36H,5-6,9,12-15,33-34H2,(H,37,42)(H,38,44)(H,39,43)(H,40,41)(H,45,46). The molecule has 46 heavy (non-hydrogen) atoms. The zero-order chi connectivity index (χ0) is 33.2. The molecule has 244 valence electrons. The first kappa shape index (κ1) is 33.7. The maximum absolute atomic E-state index is 13.7. The Morgan fingerprint density at radius 3 is 1.74 bits per heavy atom. The number of aromatic nitrogens is 2. The molecule has 4 atom stereocenters. The molecular formula is C32H39N7O7. The fraction of sp³-hybridized carbons (Fsp3) is 0.344. The third kappa shape index (κ3) is 8.70. The average Bonchev–Trinajstić information content (AvgIpc) is 3.63. The highest BCUT2D eigenvalue weighted by atomic mass is 16.4. The molecule has 0 radical (unpaired) electrons. The summed E-state index contributed by atoms with van der Waals surface area (Å²) in [5.41, 5.74) is 14.4. The van der Waals surface area contributed by atoms with Gasteiger partial charge in [0, 0.05) is 47.0 Å². The van der Waals surface area contributed by atoms with Crippen LogP contribution in [0.3, 0.4) is 0 Å². The monoisotopic (exact) mass is 633 g/mol. The van der Waals surface area contributed by atoms with E-state index in [9.17, 15) is 34.2 Å². The Morgan fingerprint density at radius 1 is 0.696 bits per heavy atom. The topological polar surface area (TPSA) is 246 Å². The zero-order valence-corrected chi connectivity index (χ0v) is 25.1. The number of H-pyrrole nitrogens is 2. The summed E-state index contributed by atoms with van der Waals surface area (Å²) < 4.78 is 0. The lowest BCUT2D eigenvalue weighted by Gasteiger charge is -2.25. The number of para-hydroxylation sites is 2. The Bertz CT molecular complexity index is 1700. The number of hydrogen-bond acceptors (Lipinski definition) is 7. The summed E-state index contributed by atoms with van der Waals surface area (Å²) in [5.74, 6) is -5.10. The van der Waals surface area contributed by atoms with Crippen molar-refractivity contribution in [3.05, 3.63) is 72.1 Å². The molecule has 14 heteroatoms. The molecule has 0 bridgehead atoms. The van der Waals surface area contributed by atoms with Crippen LogP contribution < -0.4 is 27.4 Å². The van der Waals surface area contributed by atoms with Gasteiger partial charge in [0.15, 0.2) is 0 Å². The van der Waals surface area contributed by atoms with Gasteiger partial charge in [-0.05, 0) is 42.6 Å². The zero-order valence-electron chi connectivity index (χ0n) is 25.1. The summed E-state index contributed by atoms with van der Waals surface area (Å²) in [6, 6.07) is 9.42. The molecule has 0 aliphatic heterocycles. The Kier molecular flexibility index (Phi) is 11.5. The molecule has 14 nitrogen and oxygen atoms in total. The number of fused-ring (bicyclic) bond motifs is 2. The van der Waals surface area contributed by atoms with Gasteiger partial charge < -0.3 is 47.6 Å². The van der Waals surface area contributed by atoms with E-state index in [1.807, 2.05) is 48.5 Å². The Labute approximate surface area is 264 Å². The predicted octanol–water partition coefficient (Wildman–Crippen LogP) is 0.904. The van der Waals surface area contributed by atoms with Crippen LogP contribution in [0.15, 0.2) is 60.9 Å². The van der Waals surface area contributed by atoms with Crippen molar-refractivity contribution >= 4 is 51.5 Å². The van der Waals surface area contributed by atoms with Crippen molar-refractivity contribution in [2.45, 2.75) is 62.7 Å². The van der Waals surface area contributed by atoms with Gasteiger partial charge >= 0.3 is 11.9 Å². The molecule has 11 N–H and O–H groups in total. The number of benzene rings is 2. The molecule has 3 amide bonds. The van der Waals surface area contributed by atoms with Crippen LogP contribution in [0.25, 0.3) is 21.8 Å². The van der Waals surface area contributed by atoms with Crippen LogP contribution in [0.5, 0.6) is 0 Å². The van der Waals surface area contributed by atoms with E-state index in [2.05, 4.69) is 25.9 Å². The number of rotatable bonds is 17. The van der Waals surface area contributed by atoms with Crippen molar-refractivity contribution < 1.29 is 34.2 Å². The van der Waals surface area contributed by atoms with Crippen LogP contribution in [0.1, 0.15) is 36.8 Å². The van der Waals surface area contributed by atoms with Crippen molar-refractivity contribution in [2.75, 3.05) is 6.54 Å². The molecule has 4 rings (SSSR count). The first-order valence-electron chi connectivity index (χ1n) is 15.0. The van der Waals surface area contributed by atoms with Crippen LogP contribution in [0.4, 0.5) is 0 Å². The van der Waals surface area contributed by atoms with Gasteiger partial charge in [0.25, 0.3) is 0 Å². The second kappa shape index (κ2) is 15.7. The number of carboxylic acids is 2. The second-order valence-electron chi connectivity index (χ2n) is 11.1. The van der Waals surface area contributed by atoms with Gasteiger partial charge in [0.2, 0.25) is 17.7 Å². The van der Waals surface area contributed by atoms with Gasteiger partial charge in [-0.3, -0.25) is 19.2 Å². The van der Waals surface area contributed by atoms with Crippen LogP contribution in [-0.4, -0.2) is 80.6 Å². The van der Waals surface area contributed by atoms with Gasteiger partial charge in [0.05, 0.1) is 12.5 Å². The third-order valence-corrected chi connectivity index (χ3v) is 7.76. The fourth-order valence-electron chi connectivity index (χ4n) is 5.30. The quantitative estimate of drug-likeness (QED) is 0.0749. The SMILES string of the molecule is NCCCCC(N)C(=O)NC(CC(=O)O)C(=O)NC(Cc1c[nH]c2ccccc12)C(=O)NC(Cc1c[nH]c2ccccc12)C(=O)O. The van der Waals surface area contributed by atoms with E-state index < -0.39 is 60.2 Å².